The average molecular weight is 213 g/mol. The molecular weight excluding hydrogens is 196 g/mol. The van der Waals surface area contributed by atoms with Gasteiger partial charge < -0.3 is 11.1 Å². The second kappa shape index (κ2) is 4.20. The third-order valence-electron chi connectivity index (χ3n) is 1.80. The SMILES string of the molecule is CC(C)(C)Nc1ccc(Cl)cc1CN. The first kappa shape index (κ1) is 11.3. The minimum absolute atomic E-state index is 0.0394. The highest BCUT2D eigenvalue weighted by Gasteiger charge is 2.11. The van der Waals surface area contributed by atoms with Crippen LogP contribution in [-0.4, -0.2) is 5.54 Å². The molecule has 14 heavy (non-hydrogen) atoms. The van der Waals surface area contributed by atoms with E-state index in [1.807, 2.05) is 18.2 Å². The van der Waals surface area contributed by atoms with E-state index < -0.39 is 0 Å². The lowest BCUT2D eigenvalue weighted by atomic mass is 10.1. The molecule has 0 unspecified atom stereocenters. The van der Waals surface area contributed by atoms with Crippen molar-refractivity contribution in [2.45, 2.75) is 32.9 Å². The normalized spacial score (nSPS) is 11.5. The molecule has 2 nitrogen and oxygen atoms in total. The number of benzene rings is 1. The Labute approximate surface area is 90.4 Å². The van der Waals surface area contributed by atoms with Gasteiger partial charge in [-0.05, 0) is 44.5 Å². The van der Waals surface area contributed by atoms with Crippen molar-refractivity contribution in [2.24, 2.45) is 5.73 Å². The van der Waals surface area contributed by atoms with Crippen LogP contribution in [0.3, 0.4) is 0 Å². The maximum atomic E-state index is 5.88. The zero-order valence-electron chi connectivity index (χ0n) is 8.89. The lowest BCUT2D eigenvalue weighted by Crippen LogP contribution is -2.27. The summed E-state index contributed by atoms with van der Waals surface area (Å²) in [5, 5.41) is 4.12. The van der Waals surface area contributed by atoms with Crippen molar-refractivity contribution in [3.05, 3.63) is 28.8 Å². The van der Waals surface area contributed by atoms with Gasteiger partial charge in [0.1, 0.15) is 0 Å². The van der Waals surface area contributed by atoms with Crippen LogP contribution in [0.2, 0.25) is 5.02 Å². The number of nitrogens with two attached hydrogens (primary N) is 1. The van der Waals surface area contributed by atoms with Crippen molar-refractivity contribution in [2.75, 3.05) is 5.32 Å². The van der Waals surface area contributed by atoms with E-state index in [1.54, 1.807) is 0 Å². The van der Waals surface area contributed by atoms with Crippen LogP contribution in [0.15, 0.2) is 18.2 Å². The summed E-state index contributed by atoms with van der Waals surface area (Å²) < 4.78 is 0. The Hall–Kier alpha value is -0.730. The quantitative estimate of drug-likeness (QED) is 0.791. The molecule has 0 bridgehead atoms. The van der Waals surface area contributed by atoms with Crippen LogP contribution < -0.4 is 11.1 Å². The first-order valence-corrected chi connectivity index (χ1v) is 5.07. The minimum atomic E-state index is 0.0394. The predicted octanol–water partition coefficient (Wildman–Crippen LogP) is 3.01. The molecule has 0 saturated heterocycles. The molecule has 0 atom stereocenters. The largest absolute Gasteiger partial charge is 0.380 e. The first-order chi connectivity index (χ1) is 6.42. The zero-order valence-corrected chi connectivity index (χ0v) is 9.65. The van der Waals surface area contributed by atoms with Gasteiger partial charge in [0.2, 0.25) is 0 Å². The molecule has 0 aliphatic carbocycles. The summed E-state index contributed by atoms with van der Waals surface area (Å²) in [6, 6.07) is 5.74. The van der Waals surface area contributed by atoms with Crippen LogP contribution in [0.4, 0.5) is 5.69 Å². The van der Waals surface area contributed by atoms with Crippen LogP contribution in [0.1, 0.15) is 26.3 Å². The summed E-state index contributed by atoms with van der Waals surface area (Å²) in [4.78, 5) is 0. The monoisotopic (exact) mass is 212 g/mol. The van der Waals surface area contributed by atoms with E-state index in [9.17, 15) is 0 Å². The van der Waals surface area contributed by atoms with Crippen molar-refractivity contribution in [3.8, 4) is 0 Å². The summed E-state index contributed by atoms with van der Waals surface area (Å²) in [5.74, 6) is 0. The minimum Gasteiger partial charge on any atom is -0.380 e. The predicted molar refractivity (Wildman–Crippen MR) is 62.7 cm³/mol. The second-order valence-corrected chi connectivity index (χ2v) is 4.82. The van der Waals surface area contributed by atoms with Gasteiger partial charge in [-0.3, -0.25) is 0 Å². The Balaban J connectivity index is 2.97. The van der Waals surface area contributed by atoms with E-state index in [2.05, 4.69) is 26.1 Å². The molecule has 3 N–H and O–H groups in total. The summed E-state index contributed by atoms with van der Waals surface area (Å²) in [7, 11) is 0. The highest BCUT2D eigenvalue weighted by atomic mass is 35.5. The molecule has 0 amide bonds. The van der Waals surface area contributed by atoms with Crippen molar-refractivity contribution < 1.29 is 0 Å². The van der Waals surface area contributed by atoms with E-state index >= 15 is 0 Å². The number of rotatable bonds is 2. The zero-order chi connectivity index (χ0) is 10.8. The van der Waals surface area contributed by atoms with Crippen molar-refractivity contribution in [1.29, 1.82) is 0 Å². The molecule has 0 heterocycles. The molecular formula is C11H17ClN2. The van der Waals surface area contributed by atoms with Crippen molar-refractivity contribution in [3.63, 3.8) is 0 Å². The average Bonchev–Trinajstić information content (AvgIpc) is 2.06. The molecule has 3 heteroatoms. The van der Waals surface area contributed by atoms with Gasteiger partial charge in [0.15, 0.2) is 0 Å². The summed E-state index contributed by atoms with van der Waals surface area (Å²) in [5.41, 5.74) is 7.79. The van der Waals surface area contributed by atoms with Gasteiger partial charge in [0, 0.05) is 22.8 Å². The molecule has 1 aromatic rings. The third kappa shape index (κ3) is 3.20. The molecule has 0 radical (unpaired) electrons. The molecule has 0 aliphatic rings. The topological polar surface area (TPSA) is 38.0 Å². The lowest BCUT2D eigenvalue weighted by molar-refractivity contribution is 0.632. The fraction of sp³-hybridized carbons (Fsp3) is 0.455. The standard InChI is InChI=1S/C11H17ClN2/c1-11(2,3)14-10-5-4-9(12)6-8(10)7-13/h4-6,14H,7,13H2,1-3H3. The van der Waals surface area contributed by atoms with Gasteiger partial charge in [-0.2, -0.15) is 0 Å². The van der Waals surface area contributed by atoms with Crippen LogP contribution >= 0.6 is 11.6 Å². The number of halogens is 1. The summed E-state index contributed by atoms with van der Waals surface area (Å²) in [6.45, 7) is 6.84. The molecule has 0 aromatic heterocycles. The van der Waals surface area contributed by atoms with Gasteiger partial charge in [-0.25, -0.2) is 0 Å². The number of hydrogen-bond donors (Lipinski definition) is 2. The maximum absolute atomic E-state index is 5.88. The molecule has 0 spiro atoms. The number of nitrogens with one attached hydrogen (secondary N) is 1. The molecule has 0 fully saturated rings. The van der Waals surface area contributed by atoms with E-state index in [-0.39, 0.29) is 5.54 Å². The fourth-order valence-electron chi connectivity index (χ4n) is 1.26. The van der Waals surface area contributed by atoms with Crippen molar-refractivity contribution >= 4 is 17.3 Å². The van der Waals surface area contributed by atoms with E-state index in [0.717, 1.165) is 16.3 Å². The fourth-order valence-corrected chi connectivity index (χ4v) is 1.45. The molecule has 78 valence electrons. The second-order valence-electron chi connectivity index (χ2n) is 4.38. The van der Waals surface area contributed by atoms with E-state index in [4.69, 9.17) is 17.3 Å². The van der Waals surface area contributed by atoms with Crippen LogP contribution in [-0.2, 0) is 6.54 Å². The van der Waals surface area contributed by atoms with Crippen LogP contribution in [0.25, 0.3) is 0 Å². The Bertz CT molecular complexity index is 316. The Morgan fingerprint density at radius 2 is 2.00 bits per heavy atom. The first-order valence-electron chi connectivity index (χ1n) is 4.69. The van der Waals surface area contributed by atoms with Crippen LogP contribution in [0.5, 0.6) is 0 Å². The molecule has 1 aromatic carbocycles. The molecule has 0 aliphatic heterocycles. The van der Waals surface area contributed by atoms with Gasteiger partial charge >= 0.3 is 0 Å². The van der Waals surface area contributed by atoms with Gasteiger partial charge in [0.05, 0.1) is 0 Å². The smallest absolute Gasteiger partial charge is 0.0410 e. The van der Waals surface area contributed by atoms with Crippen LogP contribution in [0, 0.1) is 0 Å². The maximum Gasteiger partial charge on any atom is 0.0410 e. The number of anilines is 1. The van der Waals surface area contributed by atoms with E-state index in [0.29, 0.717) is 6.54 Å². The Kier molecular flexibility index (Phi) is 3.40. The van der Waals surface area contributed by atoms with Gasteiger partial charge in [-0.15, -0.1) is 0 Å². The lowest BCUT2D eigenvalue weighted by Gasteiger charge is -2.24. The molecule has 1 rings (SSSR count). The van der Waals surface area contributed by atoms with E-state index in [1.165, 1.54) is 0 Å². The van der Waals surface area contributed by atoms with Gasteiger partial charge in [-0.1, -0.05) is 11.6 Å². The number of hydrogen-bond acceptors (Lipinski definition) is 2. The highest BCUT2D eigenvalue weighted by molar-refractivity contribution is 6.30. The summed E-state index contributed by atoms with van der Waals surface area (Å²) in [6.07, 6.45) is 0. The van der Waals surface area contributed by atoms with Gasteiger partial charge in [0.25, 0.3) is 0 Å². The highest BCUT2D eigenvalue weighted by Crippen LogP contribution is 2.23. The summed E-state index contributed by atoms with van der Waals surface area (Å²) >= 11 is 5.88. The molecule has 0 saturated carbocycles. The van der Waals surface area contributed by atoms with Crippen molar-refractivity contribution in [1.82, 2.24) is 0 Å². The third-order valence-corrected chi connectivity index (χ3v) is 2.03. The Morgan fingerprint density at radius 1 is 1.36 bits per heavy atom. The Morgan fingerprint density at radius 3 is 2.50 bits per heavy atom.